The molecule has 0 amide bonds. The number of hydrogen-bond donors (Lipinski definition) is 1. The number of rotatable bonds is 3. The lowest BCUT2D eigenvalue weighted by atomic mass is 10.1. The van der Waals surface area contributed by atoms with Crippen LogP contribution in [0, 0.1) is 5.82 Å². The molecule has 0 fully saturated rings. The van der Waals surface area contributed by atoms with Gasteiger partial charge in [-0.25, -0.2) is 14.5 Å². The number of anilines is 1. The second-order valence-corrected chi connectivity index (χ2v) is 7.42. The first-order valence-corrected chi connectivity index (χ1v) is 10.8. The van der Waals surface area contributed by atoms with Crippen molar-refractivity contribution < 1.29 is 22.3 Å². The van der Waals surface area contributed by atoms with Crippen LogP contribution in [-0.2, 0) is 30.4 Å². The molecule has 0 saturated heterocycles. The molecule has 0 spiro atoms. The van der Waals surface area contributed by atoms with Crippen LogP contribution >= 0.6 is 11.6 Å². The van der Waals surface area contributed by atoms with Gasteiger partial charge in [0.1, 0.15) is 10.8 Å². The molecule has 7 nitrogen and oxygen atoms in total. The summed E-state index contributed by atoms with van der Waals surface area (Å²) in [6.07, 6.45) is -1.25. The summed E-state index contributed by atoms with van der Waals surface area (Å²) in [5.41, 5.74) is 0.378. The number of nitrogens with one attached hydrogen (secondary N) is 1. The molecule has 0 radical (unpaired) electrons. The number of benzene rings is 1. The van der Waals surface area contributed by atoms with Gasteiger partial charge in [-0.05, 0) is 17.7 Å². The van der Waals surface area contributed by atoms with Gasteiger partial charge in [-0.15, -0.1) is 0 Å². The van der Waals surface area contributed by atoms with Gasteiger partial charge in [0.15, 0.2) is 0 Å². The third kappa shape index (κ3) is 6.35. The number of alkyl halides is 3. The summed E-state index contributed by atoms with van der Waals surface area (Å²) in [7, 11) is 3.25. The predicted molar refractivity (Wildman–Crippen MR) is 122 cm³/mol. The molecule has 1 N–H and O–H groups in total. The minimum Gasteiger partial charge on any atom is -0.388 e. The largest absolute Gasteiger partial charge is 0.416 e. The van der Waals surface area contributed by atoms with Crippen LogP contribution in [0.2, 0.25) is 5.02 Å². The molecule has 1 aliphatic heterocycles. The van der Waals surface area contributed by atoms with E-state index >= 15 is 0 Å². The Morgan fingerprint density at radius 2 is 1.91 bits per heavy atom. The molecular formula is C22H26ClF4N5O2. The highest BCUT2D eigenvalue weighted by molar-refractivity contribution is 6.32. The van der Waals surface area contributed by atoms with Crippen molar-refractivity contribution in [3.05, 3.63) is 74.4 Å². The summed E-state index contributed by atoms with van der Waals surface area (Å²) >= 11 is 6.05. The Morgan fingerprint density at radius 1 is 1.24 bits per heavy atom. The summed E-state index contributed by atoms with van der Waals surface area (Å²) in [5.74, 6) is -0.937. The second kappa shape index (κ2) is 12.0. The van der Waals surface area contributed by atoms with E-state index < -0.39 is 23.1 Å². The topological polar surface area (TPSA) is 76.0 Å². The van der Waals surface area contributed by atoms with E-state index in [9.17, 15) is 22.4 Å². The minimum atomic E-state index is -4.65. The normalized spacial score (nSPS) is 12.8. The zero-order valence-corrected chi connectivity index (χ0v) is 20.0. The third-order valence-corrected chi connectivity index (χ3v) is 5.19. The number of hydrogen-bond acceptors (Lipinski definition) is 5. The predicted octanol–water partition coefficient (Wildman–Crippen LogP) is 4.68. The highest BCUT2D eigenvalue weighted by atomic mass is 35.5. The number of ether oxygens (including phenoxy) is 1. The lowest BCUT2D eigenvalue weighted by Crippen LogP contribution is -2.32. The summed E-state index contributed by atoms with van der Waals surface area (Å²) < 4.78 is 59.0. The standard InChI is InChI=1S/C18H14ClF4N5O.C2H6O.C2H6/c19-16-15(6-25-26-17(16)29)27-4-3-14-13(8-27)24-9-28(14)7-10-1-2-11(20)5-12(10)18(21,22)23;1-3-2;1-2/h1-2,5-6,9H,3-4,7-8H2,(H,26,29);1-2H3;1-2H3. The molecule has 2 aromatic heterocycles. The Hall–Kier alpha value is -2.92. The Labute approximate surface area is 199 Å². The van der Waals surface area contributed by atoms with Crippen LogP contribution < -0.4 is 10.5 Å². The quantitative estimate of drug-likeness (QED) is 0.525. The average molecular weight is 504 g/mol. The van der Waals surface area contributed by atoms with Gasteiger partial charge in [0.25, 0.3) is 5.56 Å². The number of methoxy groups -OCH3 is 1. The SMILES string of the molecule is CC.COC.O=c1[nH]ncc(N2CCc3c(ncn3Cc3ccc(F)cc3C(F)(F)F)C2)c1Cl. The monoisotopic (exact) mass is 503 g/mol. The molecule has 0 bridgehead atoms. The van der Waals surface area contributed by atoms with Gasteiger partial charge in [-0.1, -0.05) is 31.5 Å². The second-order valence-electron chi connectivity index (χ2n) is 7.04. The fourth-order valence-corrected chi connectivity index (χ4v) is 3.65. The molecule has 0 aliphatic carbocycles. The summed E-state index contributed by atoms with van der Waals surface area (Å²) in [4.78, 5) is 17.8. The van der Waals surface area contributed by atoms with Gasteiger partial charge in [0, 0.05) is 39.4 Å². The van der Waals surface area contributed by atoms with Crippen molar-refractivity contribution in [3.63, 3.8) is 0 Å². The van der Waals surface area contributed by atoms with E-state index in [-0.39, 0.29) is 17.1 Å². The maximum atomic E-state index is 13.3. The highest BCUT2D eigenvalue weighted by Gasteiger charge is 2.34. The van der Waals surface area contributed by atoms with Gasteiger partial charge < -0.3 is 14.2 Å². The fraction of sp³-hybridized carbons (Fsp3) is 0.409. The maximum absolute atomic E-state index is 13.3. The Kier molecular flexibility index (Phi) is 9.63. The van der Waals surface area contributed by atoms with E-state index in [0.717, 1.165) is 17.8 Å². The van der Waals surface area contributed by atoms with Crippen molar-refractivity contribution in [1.82, 2.24) is 19.7 Å². The number of imidazole rings is 1. The lowest BCUT2D eigenvalue weighted by Gasteiger charge is -2.29. The number of fused-ring (bicyclic) bond motifs is 1. The number of nitrogens with zero attached hydrogens (tertiary/aromatic N) is 4. The van der Waals surface area contributed by atoms with E-state index in [1.807, 2.05) is 18.7 Å². The molecule has 1 aliphatic rings. The van der Waals surface area contributed by atoms with Gasteiger partial charge in [-0.3, -0.25) is 4.79 Å². The molecule has 0 atom stereocenters. The molecule has 1 aromatic carbocycles. The number of aromatic amines is 1. The van der Waals surface area contributed by atoms with Crippen LogP contribution in [0.25, 0.3) is 0 Å². The zero-order chi connectivity index (χ0) is 25.5. The summed E-state index contributed by atoms with van der Waals surface area (Å²) in [6, 6.07) is 2.65. The lowest BCUT2D eigenvalue weighted by molar-refractivity contribution is -0.138. The molecule has 3 aromatic rings. The molecule has 4 rings (SSSR count). The molecule has 12 heteroatoms. The van der Waals surface area contributed by atoms with E-state index in [0.29, 0.717) is 37.0 Å². The van der Waals surface area contributed by atoms with Crippen molar-refractivity contribution in [3.8, 4) is 0 Å². The van der Waals surface area contributed by atoms with Gasteiger partial charge in [0.2, 0.25) is 0 Å². The summed E-state index contributed by atoms with van der Waals surface area (Å²) in [5, 5.41) is 6.02. The fourth-order valence-electron chi connectivity index (χ4n) is 3.44. The van der Waals surface area contributed by atoms with Crippen LogP contribution in [0.3, 0.4) is 0 Å². The van der Waals surface area contributed by atoms with Crippen molar-refractivity contribution in [2.24, 2.45) is 0 Å². The van der Waals surface area contributed by atoms with E-state index in [4.69, 9.17) is 11.6 Å². The van der Waals surface area contributed by atoms with E-state index in [2.05, 4.69) is 19.9 Å². The zero-order valence-electron chi connectivity index (χ0n) is 19.2. The molecule has 0 saturated carbocycles. The van der Waals surface area contributed by atoms with E-state index in [1.165, 1.54) is 12.5 Å². The first-order valence-electron chi connectivity index (χ1n) is 10.4. The van der Waals surface area contributed by atoms with Gasteiger partial charge >= 0.3 is 6.18 Å². The number of aromatic nitrogens is 4. The van der Waals surface area contributed by atoms with Crippen molar-refractivity contribution in [2.75, 3.05) is 25.7 Å². The van der Waals surface area contributed by atoms with Crippen LogP contribution in [-0.4, -0.2) is 40.5 Å². The maximum Gasteiger partial charge on any atom is 0.416 e. The smallest absolute Gasteiger partial charge is 0.388 e. The molecular weight excluding hydrogens is 478 g/mol. The Balaban J connectivity index is 0.000000758. The van der Waals surface area contributed by atoms with Crippen LogP contribution in [0.5, 0.6) is 0 Å². The van der Waals surface area contributed by atoms with Crippen molar-refractivity contribution in [1.29, 1.82) is 0 Å². The number of halogens is 5. The average Bonchev–Trinajstić information content (AvgIpc) is 3.20. The van der Waals surface area contributed by atoms with Crippen molar-refractivity contribution in [2.45, 2.75) is 39.5 Å². The van der Waals surface area contributed by atoms with E-state index in [1.54, 1.807) is 18.8 Å². The van der Waals surface area contributed by atoms with Crippen LogP contribution in [0.15, 0.2) is 35.5 Å². The Bertz CT molecular complexity index is 1150. The van der Waals surface area contributed by atoms with Crippen molar-refractivity contribution >= 4 is 17.3 Å². The molecule has 186 valence electrons. The Morgan fingerprint density at radius 3 is 2.56 bits per heavy atom. The first-order chi connectivity index (χ1) is 16.2. The summed E-state index contributed by atoms with van der Waals surface area (Å²) in [6.45, 7) is 4.74. The number of H-pyrrole nitrogens is 1. The molecule has 3 heterocycles. The van der Waals surface area contributed by atoms with Crippen LogP contribution in [0.1, 0.15) is 36.4 Å². The van der Waals surface area contributed by atoms with Gasteiger partial charge in [-0.2, -0.15) is 18.3 Å². The first kappa shape index (κ1) is 27.3. The molecule has 0 unspecified atom stereocenters. The minimum absolute atomic E-state index is 0.0176. The van der Waals surface area contributed by atoms with Gasteiger partial charge in [0.05, 0.1) is 36.0 Å². The highest BCUT2D eigenvalue weighted by Crippen LogP contribution is 2.34. The third-order valence-electron chi connectivity index (χ3n) is 4.83. The van der Waals surface area contributed by atoms with Crippen LogP contribution in [0.4, 0.5) is 23.2 Å². The molecule has 34 heavy (non-hydrogen) atoms.